The van der Waals surface area contributed by atoms with Crippen molar-refractivity contribution in [3.8, 4) is 0 Å². The van der Waals surface area contributed by atoms with Crippen molar-refractivity contribution in [3.05, 3.63) is 0 Å². The number of amides is 3. The summed E-state index contributed by atoms with van der Waals surface area (Å²) >= 11 is 0. The van der Waals surface area contributed by atoms with Gasteiger partial charge in [0.05, 0.1) is 0 Å². The average molecular weight is 299 g/mol. The maximum Gasteiger partial charge on any atom is 0.326 e. The molecule has 7 heteroatoms. The van der Waals surface area contributed by atoms with E-state index in [1.165, 1.54) is 6.42 Å². The van der Waals surface area contributed by atoms with E-state index in [4.69, 9.17) is 10.8 Å². The van der Waals surface area contributed by atoms with Crippen molar-refractivity contribution < 1.29 is 19.5 Å². The summed E-state index contributed by atoms with van der Waals surface area (Å²) in [6, 6.07) is -1.62. The Bertz CT molecular complexity index is 392. The molecule has 5 N–H and O–H groups in total. The number of nitrogens with one attached hydrogen (secondary N) is 2. The second-order valence-electron chi connectivity index (χ2n) is 6.09. The number of carboxylic acid groups (broad SMARTS) is 1. The smallest absolute Gasteiger partial charge is 0.326 e. The van der Waals surface area contributed by atoms with Crippen LogP contribution in [0, 0.1) is 5.41 Å². The van der Waals surface area contributed by atoms with E-state index < -0.39 is 23.9 Å². The lowest BCUT2D eigenvalue weighted by Gasteiger charge is -2.33. The maximum atomic E-state index is 11.8. The number of rotatable bonds is 7. The Kier molecular flexibility index (Phi) is 6.45. The van der Waals surface area contributed by atoms with E-state index in [0.717, 1.165) is 25.7 Å². The molecule has 3 amide bonds. The Morgan fingerprint density at radius 2 is 1.86 bits per heavy atom. The number of hydrogen-bond donors (Lipinski definition) is 4. The van der Waals surface area contributed by atoms with Gasteiger partial charge >= 0.3 is 12.0 Å². The molecule has 1 aliphatic carbocycles. The Labute approximate surface area is 124 Å². The number of carbonyl (C=O) groups is 3. The first-order valence-corrected chi connectivity index (χ1v) is 7.38. The summed E-state index contributed by atoms with van der Waals surface area (Å²) in [5, 5.41) is 14.1. The van der Waals surface area contributed by atoms with E-state index in [2.05, 4.69) is 17.6 Å². The van der Waals surface area contributed by atoms with Gasteiger partial charge in [-0.05, 0) is 24.7 Å². The second kappa shape index (κ2) is 7.85. The third kappa shape index (κ3) is 6.46. The fourth-order valence-electron chi connectivity index (χ4n) is 2.63. The fourth-order valence-corrected chi connectivity index (χ4v) is 2.63. The maximum absolute atomic E-state index is 11.8. The molecule has 0 heterocycles. The summed E-state index contributed by atoms with van der Waals surface area (Å²) < 4.78 is 0. The van der Waals surface area contributed by atoms with Crippen molar-refractivity contribution in [1.29, 1.82) is 0 Å². The average Bonchev–Trinajstić information content (AvgIpc) is 2.41. The van der Waals surface area contributed by atoms with Crippen LogP contribution in [-0.4, -0.2) is 35.6 Å². The van der Waals surface area contributed by atoms with E-state index in [1.807, 2.05) is 0 Å². The summed E-state index contributed by atoms with van der Waals surface area (Å²) in [5.74, 6) is -1.76. The van der Waals surface area contributed by atoms with Crippen molar-refractivity contribution in [2.45, 2.75) is 57.9 Å². The number of carbonyl (C=O) groups excluding carboxylic acids is 2. The van der Waals surface area contributed by atoms with Crippen LogP contribution in [-0.2, 0) is 9.59 Å². The van der Waals surface area contributed by atoms with Crippen LogP contribution in [0.4, 0.5) is 4.79 Å². The predicted molar refractivity (Wildman–Crippen MR) is 77.6 cm³/mol. The molecule has 120 valence electrons. The molecule has 1 rings (SSSR count). The highest BCUT2D eigenvalue weighted by molar-refractivity contribution is 5.83. The second-order valence-corrected chi connectivity index (χ2v) is 6.09. The van der Waals surface area contributed by atoms with Crippen molar-refractivity contribution >= 4 is 17.9 Å². The minimum atomic E-state index is -1.17. The normalized spacial score (nSPS) is 18.5. The molecule has 1 atom stereocenters. The zero-order chi connectivity index (χ0) is 15.9. The lowest BCUT2D eigenvalue weighted by atomic mass is 9.76. The molecule has 21 heavy (non-hydrogen) atoms. The molecular weight excluding hydrogens is 274 g/mol. The number of primary amides is 1. The van der Waals surface area contributed by atoms with Crippen LogP contribution in [0.2, 0.25) is 0 Å². The molecule has 0 bridgehead atoms. The minimum Gasteiger partial charge on any atom is -0.480 e. The number of aliphatic carboxylic acids is 1. The standard InChI is InChI=1S/C14H25N3O4/c1-14(7-3-2-4-8-14)9-16-13(21)17-10(12(19)20)5-6-11(15)18/h10H,2-9H2,1H3,(H2,15,18)(H,19,20)(H2,16,17,21)/t10-/m1/s1. The Hall–Kier alpha value is -1.79. The van der Waals surface area contributed by atoms with Crippen molar-refractivity contribution in [1.82, 2.24) is 10.6 Å². The topological polar surface area (TPSA) is 122 Å². The molecule has 1 saturated carbocycles. The largest absolute Gasteiger partial charge is 0.480 e. The highest BCUT2D eigenvalue weighted by Gasteiger charge is 2.28. The van der Waals surface area contributed by atoms with Crippen molar-refractivity contribution in [2.75, 3.05) is 6.54 Å². The van der Waals surface area contributed by atoms with Gasteiger partial charge in [0, 0.05) is 13.0 Å². The zero-order valence-electron chi connectivity index (χ0n) is 12.5. The molecule has 0 aromatic heterocycles. The monoisotopic (exact) mass is 299 g/mol. The molecule has 7 nitrogen and oxygen atoms in total. The molecular formula is C14H25N3O4. The number of urea groups is 1. The number of nitrogens with two attached hydrogens (primary N) is 1. The van der Waals surface area contributed by atoms with Crippen LogP contribution < -0.4 is 16.4 Å². The molecule has 1 aliphatic rings. The Morgan fingerprint density at radius 1 is 1.24 bits per heavy atom. The third-order valence-corrected chi connectivity index (χ3v) is 4.02. The third-order valence-electron chi connectivity index (χ3n) is 4.02. The highest BCUT2D eigenvalue weighted by atomic mass is 16.4. The lowest BCUT2D eigenvalue weighted by molar-refractivity contribution is -0.139. The van der Waals surface area contributed by atoms with Crippen LogP contribution in [0.3, 0.4) is 0 Å². The molecule has 0 spiro atoms. The quantitative estimate of drug-likeness (QED) is 0.559. The molecule has 0 unspecified atom stereocenters. The van der Waals surface area contributed by atoms with Gasteiger partial charge in [-0.3, -0.25) is 4.79 Å². The van der Waals surface area contributed by atoms with Crippen LogP contribution in [0.1, 0.15) is 51.9 Å². The van der Waals surface area contributed by atoms with Gasteiger partial charge in [0.15, 0.2) is 0 Å². The lowest BCUT2D eigenvalue weighted by Crippen LogP contribution is -2.48. The highest BCUT2D eigenvalue weighted by Crippen LogP contribution is 2.34. The summed E-state index contributed by atoms with van der Waals surface area (Å²) in [6.07, 6.45) is 5.61. The number of hydrogen-bond acceptors (Lipinski definition) is 3. The van der Waals surface area contributed by atoms with E-state index in [0.29, 0.717) is 6.54 Å². The molecule has 0 aromatic carbocycles. The SMILES string of the molecule is CC1(CNC(=O)N[C@H](CCC(N)=O)C(=O)O)CCCCC1. The van der Waals surface area contributed by atoms with Gasteiger partial charge in [-0.1, -0.05) is 26.2 Å². The van der Waals surface area contributed by atoms with Crippen LogP contribution in [0.5, 0.6) is 0 Å². The van der Waals surface area contributed by atoms with Crippen molar-refractivity contribution in [3.63, 3.8) is 0 Å². The summed E-state index contributed by atoms with van der Waals surface area (Å²) in [4.78, 5) is 33.5. The molecule has 0 aliphatic heterocycles. The zero-order valence-corrected chi connectivity index (χ0v) is 12.5. The summed E-state index contributed by atoms with van der Waals surface area (Å²) in [7, 11) is 0. The van der Waals surface area contributed by atoms with E-state index in [-0.39, 0.29) is 18.3 Å². The van der Waals surface area contributed by atoms with E-state index in [1.54, 1.807) is 0 Å². The molecule has 0 saturated heterocycles. The first kappa shape index (κ1) is 17.3. The fraction of sp³-hybridized carbons (Fsp3) is 0.786. The van der Waals surface area contributed by atoms with Crippen LogP contribution >= 0.6 is 0 Å². The van der Waals surface area contributed by atoms with Crippen LogP contribution in [0.25, 0.3) is 0 Å². The van der Waals surface area contributed by atoms with Gasteiger partial charge in [0.2, 0.25) is 5.91 Å². The summed E-state index contributed by atoms with van der Waals surface area (Å²) in [6.45, 7) is 2.66. The number of carboxylic acids is 1. The van der Waals surface area contributed by atoms with Gasteiger partial charge in [-0.25, -0.2) is 9.59 Å². The summed E-state index contributed by atoms with van der Waals surface area (Å²) in [5.41, 5.74) is 5.07. The van der Waals surface area contributed by atoms with Gasteiger partial charge in [0.1, 0.15) is 6.04 Å². The first-order valence-electron chi connectivity index (χ1n) is 7.38. The minimum absolute atomic E-state index is 0.00461. The predicted octanol–water partition coefficient (Wildman–Crippen LogP) is 0.975. The van der Waals surface area contributed by atoms with E-state index in [9.17, 15) is 14.4 Å². The van der Waals surface area contributed by atoms with E-state index >= 15 is 0 Å². The first-order chi connectivity index (χ1) is 9.82. The van der Waals surface area contributed by atoms with Gasteiger partial charge < -0.3 is 21.5 Å². The Balaban J connectivity index is 2.39. The molecule has 0 radical (unpaired) electrons. The Morgan fingerprint density at radius 3 is 2.38 bits per heavy atom. The van der Waals surface area contributed by atoms with Gasteiger partial charge in [-0.2, -0.15) is 0 Å². The molecule has 0 aromatic rings. The van der Waals surface area contributed by atoms with Gasteiger partial charge in [-0.15, -0.1) is 0 Å². The van der Waals surface area contributed by atoms with Crippen LogP contribution in [0.15, 0.2) is 0 Å². The molecule has 1 fully saturated rings. The van der Waals surface area contributed by atoms with Crippen molar-refractivity contribution in [2.24, 2.45) is 11.1 Å². The van der Waals surface area contributed by atoms with Gasteiger partial charge in [0.25, 0.3) is 0 Å².